The van der Waals surface area contributed by atoms with Gasteiger partial charge in [0.2, 0.25) is 5.91 Å². The molecule has 2 aliphatic heterocycles. The Morgan fingerprint density at radius 2 is 1.91 bits per heavy atom. The molecule has 0 bridgehead atoms. The van der Waals surface area contributed by atoms with Gasteiger partial charge in [-0.3, -0.25) is 9.69 Å². The molecule has 8 heteroatoms. The van der Waals surface area contributed by atoms with Crippen molar-refractivity contribution in [1.82, 2.24) is 4.90 Å². The van der Waals surface area contributed by atoms with Gasteiger partial charge in [0.25, 0.3) is 0 Å². The molecule has 2 saturated heterocycles. The van der Waals surface area contributed by atoms with Gasteiger partial charge in [0, 0.05) is 18.7 Å². The molecule has 32 heavy (non-hydrogen) atoms. The Balaban J connectivity index is 0.000000680. The van der Waals surface area contributed by atoms with Gasteiger partial charge in [-0.2, -0.15) is 0 Å². The lowest BCUT2D eigenvalue weighted by atomic mass is 9.77. The molecule has 188 valence electrons. The number of nitrogens with two attached hydrogens (primary N) is 2. The Hall–Kier alpha value is -1.32. The number of hydrogen-bond donors (Lipinski definition) is 4. The summed E-state index contributed by atoms with van der Waals surface area (Å²) in [6.07, 6.45) is 8.83. The van der Waals surface area contributed by atoms with Crippen LogP contribution in [0.3, 0.4) is 0 Å². The van der Waals surface area contributed by atoms with Crippen molar-refractivity contribution < 1.29 is 24.5 Å². The number of ether oxygens (including phenoxy) is 1. The Morgan fingerprint density at radius 1 is 1.28 bits per heavy atom. The predicted molar refractivity (Wildman–Crippen MR) is 128 cm³/mol. The number of aldehydes is 1. The van der Waals surface area contributed by atoms with Gasteiger partial charge in [-0.1, -0.05) is 53.2 Å². The lowest BCUT2D eigenvalue weighted by Gasteiger charge is -2.36. The van der Waals surface area contributed by atoms with Crippen LogP contribution in [-0.2, 0) is 14.3 Å². The monoisotopic (exact) mass is 457 g/mol. The third kappa shape index (κ3) is 6.38. The van der Waals surface area contributed by atoms with Gasteiger partial charge in [-0.05, 0) is 39.0 Å². The average Bonchev–Trinajstić information content (AvgIpc) is 3.27. The first-order valence-corrected chi connectivity index (χ1v) is 12.1. The summed E-state index contributed by atoms with van der Waals surface area (Å²) in [5.74, 6) is -1.06. The summed E-state index contributed by atoms with van der Waals surface area (Å²) >= 11 is 0. The van der Waals surface area contributed by atoms with Gasteiger partial charge in [-0.25, -0.2) is 0 Å². The minimum Gasteiger partial charge on any atom is -0.396 e. The van der Waals surface area contributed by atoms with Crippen LogP contribution < -0.4 is 11.5 Å². The molecule has 8 nitrogen and oxygen atoms in total. The Kier molecular flexibility index (Phi) is 13.5. The summed E-state index contributed by atoms with van der Waals surface area (Å²) in [4.78, 5) is 25.6. The van der Waals surface area contributed by atoms with Crippen LogP contribution >= 0.6 is 0 Å². The molecule has 1 amide bonds. The van der Waals surface area contributed by atoms with Crippen molar-refractivity contribution in [2.24, 2.45) is 17.4 Å². The number of rotatable bonds is 10. The highest BCUT2D eigenvalue weighted by Crippen LogP contribution is 2.48. The fraction of sp³-hybridized carbons (Fsp3) is 0.833. The largest absolute Gasteiger partial charge is 0.396 e. The zero-order chi connectivity index (χ0) is 25.0. The molecule has 6 N–H and O–H groups in total. The zero-order valence-electron chi connectivity index (χ0n) is 21.0. The first-order valence-electron chi connectivity index (χ1n) is 12.1. The topological polar surface area (TPSA) is 139 Å². The molecular weight excluding hydrogens is 410 g/mol. The van der Waals surface area contributed by atoms with Crippen LogP contribution in [0.25, 0.3) is 0 Å². The molecular formula is C24H47N3O5. The smallest absolute Gasteiger partial charge is 0.231 e. The van der Waals surface area contributed by atoms with E-state index < -0.39 is 23.3 Å². The van der Waals surface area contributed by atoms with Crippen molar-refractivity contribution in [2.45, 2.75) is 103 Å². The molecule has 0 aromatic rings. The third-order valence-corrected chi connectivity index (χ3v) is 6.45. The quantitative estimate of drug-likeness (QED) is 0.291. The van der Waals surface area contributed by atoms with Crippen molar-refractivity contribution in [2.75, 3.05) is 19.8 Å². The number of unbranched alkanes of at least 4 members (excludes halogenated alkanes) is 1. The molecule has 2 fully saturated rings. The normalized spacial score (nSPS) is 30.8. The van der Waals surface area contributed by atoms with Gasteiger partial charge < -0.3 is 31.2 Å². The number of nitrogens with zero attached hydrogens (tertiary/aromatic N) is 1. The molecule has 0 aliphatic carbocycles. The summed E-state index contributed by atoms with van der Waals surface area (Å²) in [6, 6.07) is 0. The number of hydrogen-bond acceptors (Lipinski definition) is 7. The fourth-order valence-electron chi connectivity index (χ4n) is 4.08. The molecule has 2 heterocycles. The van der Waals surface area contributed by atoms with Crippen molar-refractivity contribution in [3.8, 4) is 0 Å². The maximum atomic E-state index is 12.5. The molecule has 0 radical (unpaired) electrons. The van der Waals surface area contributed by atoms with Crippen molar-refractivity contribution in [1.29, 1.82) is 0 Å². The van der Waals surface area contributed by atoms with E-state index >= 15 is 0 Å². The highest BCUT2D eigenvalue weighted by atomic mass is 16.5. The van der Waals surface area contributed by atoms with Crippen LogP contribution in [0.15, 0.2) is 12.2 Å². The number of carbonyl (C=O) groups is 2. The summed E-state index contributed by atoms with van der Waals surface area (Å²) < 4.78 is 5.60. The van der Waals surface area contributed by atoms with Crippen LogP contribution in [0, 0.1) is 5.92 Å². The molecule has 5 atom stereocenters. The van der Waals surface area contributed by atoms with Crippen molar-refractivity contribution >= 4 is 12.2 Å². The van der Waals surface area contributed by atoms with E-state index in [1.807, 2.05) is 33.8 Å². The maximum Gasteiger partial charge on any atom is 0.231 e. The lowest BCUT2D eigenvalue weighted by molar-refractivity contribution is -0.140. The van der Waals surface area contributed by atoms with E-state index in [0.29, 0.717) is 19.3 Å². The van der Waals surface area contributed by atoms with E-state index in [1.54, 1.807) is 0 Å². The van der Waals surface area contributed by atoms with Crippen molar-refractivity contribution in [3.05, 3.63) is 12.2 Å². The second-order valence-corrected chi connectivity index (χ2v) is 8.47. The van der Waals surface area contributed by atoms with E-state index in [4.69, 9.17) is 21.3 Å². The molecule has 0 spiro atoms. The first-order chi connectivity index (χ1) is 15.1. The number of allylic oxidation sites excluding steroid dienone is 1. The maximum absolute atomic E-state index is 12.5. The van der Waals surface area contributed by atoms with Gasteiger partial charge in [-0.15, -0.1) is 0 Å². The molecule has 2 rings (SSSR count). The average molecular weight is 458 g/mol. The first kappa shape index (κ1) is 30.7. The van der Waals surface area contributed by atoms with E-state index in [0.717, 1.165) is 25.7 Å². The van der Waals surface area contributed by atoms with Gasteiger partial charge >= 0.3 is 0 Å². The number of amides is 1. The van der Waals surface area contributed by atoms with Crippen molar-refractivity contribution in [3.63, 3.8) is 0 Å². The predicted octanol–water partition coefficient (Wildman–Crippen LogP) is 2.11. The van der Waals surface area contributed by atoms with E-state index in [9.17, 15) is 14.7 Å². The molecule has 0 aromatic heterocycles. The highest BCUT2D eigenvalue weighted by molar-refractivity contribution is 5.92. The second-order valence-electron chi connectivity index (χ2n) is 8.47. The molecule has 0 saturated carbocycles. The standard InChI is InChI=1S/C14H23NO5.C8H18N2.C2H6/c1-3-4-5-11-15-12(18)10(6-7-16)13(2,19)14(15,8-17)9-20-11;1-3-5-6-8(10,4-2)7-9;1-2/h8,10-11,16,19H,3-7,9H2,1-2H3;5-6H,3-4,7,9-10H2,1-2H3;1-2H3/b;6-5-;/t10-,11-,13-,14-;8-;/m01./s1. The Labute approximate surface area is 194 Å². The highest BCUT2D eigenvalue weighted by Gasteiger charge is 2.70. The van der Waals surface area contributed by atoms with Crippen LogP contribution in [0.5, 0.6) is 0 Å². The molecule has 0 unspecified atom stereocenters. The second kappa shape index (κ2) is 14.1. The van der Waals surface area contributed by atoms with Gasteiger partial charge in [0.05, 0.1) is 12.5 Å². The summed E-state index contributed by atoms with van der Waals surface area (Å²) in [6.45, 7) is 12.0. The van der Waals surface area contributed by atoms with Crippen LogP contribution in [-0.4, -0.2) is 70.0 Å². The number of carbonyl (C=O) groups excluding carboxylic acids is 2. The van der Waals surface area contributed by atoms with Crippen LogP contribution in [0.1, 0.15) is 80.1 Å². The molecule has 2 aliphatic rings. The summed E-state index contributed by atoms with van der Waals surface area (Å²) in [5, 5.41) is 19.8. The van der Waals surface area contributed by atoms with Gasteiger partial charge in [0.15, 0.2) is 11.8 Å². The van der Waals surface area contributed by atoms with Crippen LogP contribution in [0.4, 0.5) is 0 Å². The van der Waals surface area contributed by atoms with Gasteiger partial charge in [0.1, 0.15) is 11.8 Å². The number of aliphatic hydroxyl groups excluding tert-OH is 1. The number of aliphatic hydroxyl groups is 2. The minimum atomic E-state index is -1.52. The van der Waals surface area contributed by atoms with Crippen LogP contribution in [0.2, 0.25) is 0 Å². The Morgan fingerprint density at radius 3 is 2.34 bits per heavy atom. The summed E-state index contributed by atoms with van der Waals surface area (Å²) in [5.41, 5.74) is 8.25. The lowest BCUT2D eigenvalue weighted by Crippen LogP contribution is -2.59. The fourth-order valence-corrected chi connectivity index (χ4v) is 4.08. The zero-order valence-corrected chi connectivity index (χ0v) is 21.0. The summed E-state index contributed by atoms with van der Waals surface area (Å²) in [7, 11) is 0. The molecule has 0 aromatic carbocycles. The Bertz CT molecular complexity index is 592. The van der Waals surface area contributed by atoms with E-state index in [2.05, 4.69) is 13.0 Å². The third-order valence-electron chi connectivity index (χ3n) is 6.45. The number of fused-ring (bicyclic) bond motifs is 1. The minimum absolute atomic E-state index is 0.0194. The van der Waals surface area contributed by atoms with E-state index in [-0.39, 0.29) is 31.1 Å². The SMILES string of the molecule is CC.CC/C=C\[C@](N)(CC)CN.CCCC[C@@H]1OC[C@]2(C=O)N1C(=O)[C@H](CCO)[C@]2(C)O. The van der Waals surface area contributed by atoms with E-state index in [1.165, 1.54) is 11.8 Å².